The van der Waals surface area contributed by atoms with Gasteiger partial charge in [0.2, 0.25) is 5.91 Å². The minimum Gasteiger partial charge on any atom is -0.340 e. The topological polar surface area (TPSA) is 46.3 Å². The fraction of sp³-hybridized carbons (Fsp3) is 0.188. The number of hydrogen-bond donors (Lipinski definition) is 1. The molecule has 0 aromatic heterocycles. The summed E-state index contributed by atoms with van der Waals surface area (Å²) in [5.74, 6) is -0.146. The number of benzene rings is 2. The molecule has 110 valence electrons. The van der Waals surface area contributed by atoms with E-state index < -0.39 is 6.04 Å². The molecule has 0 unspecified atom stereocenters. The van der Waals surface area contributed by atoms with Crippen LogP contribution in [0.3, 0.4) is 0 Å². The molecule has 0 heterocycles. The second kappa shape index (κ2) is 6.94. The molecule has 0 saturated carbocycles. The van der Waals surface area contributed by atoms with Gasteiger partial charge in [0.1, 0.15) is 6.04 Å². The molecular weight excluding hydrogens is 307 g/mol. The van der Waals surface area contributed by atoms with E-state index in [2.05, 4.69) is 0 Å². The van der Waals surface area contributed by atoms with Crippen molar-refractivity contribution in [3.63, 3.8) is 0 Å². The molecule has 5 heteroatoms. The van der Waals surface area contributed by atoms with Crippen LogP contribution in [-0.4, -0.2) is 17.9 Å². The van der Waals surface area contributed by atoms with Gasteiger partial charge in [0.05, 0.1) is 10.0 Å². The highest BCUT2D eigenvalue weighted by atomic mass is 35.5. The lowest BCUT2D eigenvalue weighted by molar-refractivity contribution is -0.131. The van der Waals surface area contributed by atoms with E-state index >= 15 is 0 Å². The molecule has 0 aliphatic heterocycles. The van der Waals surface area contributed by atoms with Crippen molar-refractivity contribution in [1.29, 1.82) is 0 Å². The number of likely N-dealkylation sites (N-methyl/N-ethyl adjacent to an activating group) is 1. The third-order valence-electron chi connectivity index (χ3n) is 3.20. The summed E-state index contributed by atoms with van der Waals surface area (Å²) < 4.78 is 0. The molecule has 0 saturated heterocycles. The molecule has 0 radical (unpaired) electrons. The molecule has 0 bridgehead atoms. The Morgan fingerprint density at radius 2 is 1.81 bits per heavy atom. The third kappa shape index (κ3) is 3.97. The first-order valence-corrected chi connectivity index (χ1v) is 7.24. The maximum absolute atomic E-state index is 12.3. The largest absolute Gasteiger partial charge is 0.340 e. The maximum atomic E-state index is 12.3. The van der Waals surface area contributed by atoms with Crippen molar-refractivity contribution in [2.24, 2.45) is 5.73 Å². The summed E-state index contributed by atoms with van der Waals surface area (Å²) in [6, 6.07) is 13.9. The molecule has 1 amide bonds. The van der Waals surface area contributed by atoms with Gasteiger partial charge in [0.25, 0.3) is 0 Å². The van der Waals surface area contributed by atoms with E-state index in [-0.39, 0.29) is 5.91 Å². The molecule has 0 fully saturated rings. The molecule has 0 aliphatic carbocycles. The van der Waals surface area contributed by atoms with Gasteiger partial charge in [-0.05, 0) is 23.3 Å². The monoisotopic (exact) mass is 322 g/mol. The van der Waals surface area contributed by atoms with Crippen molar-refractivity contribution >= 4 is 29.1 Å². The maximum Gasteiger partial charge on any atom is 0.244 e. The van der Waals surface area contributed by atoms with Gasteiger partial charge in [-0.25, -0.2) is 0 Å². The SMILES string of the molecule is CN(Cc1ccc(Cl)c(Cl)c1)C(=O)[C@@H](N)c1ccccc1. The van der Waals surface area contributed by atoms with Crippen LogP contribution in [0.15, 0.2) is 48.5 Å². The molecule has 21 heavy (non-hydrogen) atoms. The fourth-order valence-electron chi connectivity index (χ4n) is 2.03. The minimum absolute atomic E-state index is 0.146. The molecule has 2 aromatic carbocycles. The standard InChI is InChI=1S/C16H16Cl2N2O/c1-20(10-11-7-8-13(17)14(18)9-11)16(21)15(19)12-5-3-2-4-6-12/h2-9,15H,10,19H2,1H3/t15-/m0/s1. The van der Waals surface area contributed by atoms with Gasteiger partial charge in [-0.2, -0.15) is 0 Å². The van der Waals surface area contributed by atoms with Crippen LogP contribution in [0.2, 0.25) is 10.0 Å². The first kappa shape index (κ1) is 15.8. The Hall–Kier alpha value is -1.55. The lowest BCUT2D eigenvalue weighted by Crippen LogP contribution is -2.35. The van der Waals surface area contributed by atoms with Crippen LogP contribution in [0.25, 0.3) is 0 Å². The zero-order valence-electron chi connectivity index (χ0n) is 11.6. The Balaban J connectivity index is 2.07. The summed E-state index contributed by atoms with van der Waals surface area (Å²) in [5, 5.41) is 0.970. The molecule has 2 aromatic rings. The fourth-order valence-corrected chi connectivity index (χ4v) is 2.35. The third-order valence-corrected chi connectivity index (χ3v) is 3.94. The molecule has 3 nitrogen and oxygen atoms in total. The average Bonchev–Trinajstić information content (AvgIpc) is 2.50. The molecule has 0 spiro atoms. The summed E-state index contributed by atoms with van der Waals surface area (Å²) in [7, 11) is 1.72. The summed E-state index contributed by atoms with van der Waals surface area (Å²) >= 11 is 11.9. The second-order valence-electron chi connectivity index (χ2n) is 4.83. The van der Waals surface area contributed by atoms with Crippen LogP contribution in [-0.2, 0) is 11.3 Å². The van der Waals surface area contributed by atoms with Crippen molar-refractivity contribution < 1.29 is 4.79 Å². The predicted molar refractivity (Wildman–Crippen MR) is 86.3 cm³/mol. The Labute approximate surface area is 134 Å². The number of halogens is 2. The number of hydrogen-bond acceptors (Lipinski definition) is 2. The van der Waals surface area contributed by atoms with E-state index in [4.69, 9.17) is 28.9 Å². The molecule has 2 rings (SSSR count). The van der Waals surface area contributed by atoms with Gasteiger partial charge in [-0.1, -0.05) is 59.6 Å². The number of carbonyl (C=O) groups is 1. The molecule has 1 atom stereocenters. The highest BCUT2D eigenvalue weighted by Gasteiger charge is 2.19. The van der Waals surface area contributed by atoms with Crippen LogP contribution in [0.5, 0.6) is 0 Å². The summed E-state index contributed by atoms with van der Waals surface area (Å²) in [4.78, 5) is 13.9. The lowest BCUT2D eigenvalue weighted by Gasteiger charge is -2.22. The Morgan fingerprint density at radius 3 is 2.43 bits per heavy atom. The Bertz CT molecular complexity index is 631. The van der Waals surface area contributed by atoms with E-state index in [0.29, 0.717) is 16.6 Å². The van der Waals surface area contributed by atoms with Crippen molar-refractivity contribution in [2.45, 2.75) is 12.6 Å². The average molecular weight is 323 g/mol. The van der Waals surface area contributed by atoms with Gasteiger partial charge in [-0.15, -0.1) is 0 Å². The number of rotatable bonds is 4. The van der Waals surface area contributed by atoms with Crippen LogP contribution < -0.4 is 5.73 Å². The van der Waals surface area contributed by atoms with Crippen LogP contribution in [0.1, 0.15) is 17.2 Å². The number of amides is 1. The number of carbonyl (C=O) groups excluding carboxylic acids is 1. The smallest absolute Gasteiger partial charge is 0.244 e. The van der Waals surface area contributed by atoms with Crippen LogP contribution in [0.4, 0.5) is 0 Å². The summed E-state index contributed by atoms with van der Waals surface area (Å²) in [5.41, 5.74) is 7.71. The van der Waals surface area contributed by atoms with E-state index in [9.17, 15) is 4.79 Å². The van der Waals surface area contributed by atoms with Gasteiger partial charge in [-0.3, -0.25) is 4.79 Å². The van der Waals surface area contributed by atoms with Gasteiger partial charge >= 0.3 is 0 Å². The Morgan fingerprint density at radius 1 is 1.14 bits per heavy atom. The van der Waals surface area contributed by atoms with E-state index in [0.717, 1.165) is 11.1 Å². The summed E-state index contributed by atoms with van der Waals surface area (Å²) in [6.07, 6.45) is 0. The molecule has 2 N–H and O–H groups in total. The van der Waals surface area contributed by atoms with Crippen molar-refractivity contribution in [2.75, 3.05) is 7.05 Å². The predicted octanol–water partition coefficient (Wildman–Crippen LogP) is 3.65. The highest BCUT2D eigenvalue weighted by Crippen LogP contribution is 2.23. The van der Waals surface area contributed by atoms with Crippen molar-refractivity contribution in [3.05, 3.63) is 69.7 Å². The lowest BCUT2D eigenvalue weighted by atomic mass is 10.1. The second-order valence-corrected chi connectivity index (χ2v) is 5.65. The van der Waals surface area contributed by atoms with Gasteiger partial charge < -0.3 is 10.6 Å². The first-order chi connectivity index (χ1) is 9.99. The zero-order chi connectivity index (χ0) is 15.4. The van der Waals surface area contributed by atoms with Gasteiger partial charge in [0.15, 0.2) is 0 Å². The molecular formula is C16H16Cl2N2O. The first-order valence-electron chi connectivity index (χ1n) is 6.48. The number of nitrogens with two attached hydrogens (primary N) is 1. The van der Waals surface area contributed by atoms with E-state index in [1.165, 1.54) is 0 Å². The van der Waals surface area contributed by atoms with E-state index in [1.54, 1.807) is 24.1 Å². The summed E-state index contributed by atoms with van der Waals surface area (Å²) in [6.45, 7) is 0.427. The Kier molecular flexibility index (Phi) is 5.23. The van der Waals surface area contributed by atoms with Crippen molar-refractivity contribution in [3.8, 4) is 0 Å². The van der Waals surface area contributed by atoms with Crippen molar-refractivity contribution in [1.82, 2.24) is 4.90 Å². The van der Waals surface area contributed by atoms with Gasteiger partial charge in [0, 0.05) is 13.6 Å². The zero-order valence-corrected chi connectivity index (χ0v) is 13.1. The van der Waals surface area contributed by atoms with E-state index in [1.807, 2.05) is 36.4 Å². The normalized spacial score (nSPS) is 12.0. The van der Waals surface area contributed by atoms with Crippen LogP contribution >= 0.6 is 23.2 Å². The number of nitrogens with zero attached hydrogens (tertiary/aromatic N) is 1. The highest BCUT2D eigenvalue weighted by molar-refractivity contribution is 6.42. The molecule has 0 aliphatic rings. The van der Waals surface area contributed by atoms with Crippen LogP contribution in [0, 0.1) is 0 Å². The minimum atomic E-state index is -0.668. The quantitative estimate of drug-likeness (QED) is 0.933.